The monoisotopic (exact) mass is 199 g/mol. The van der Waals surface area contributed by atoms with Crippen LogP contribution in [0.5, 0.6) is 0 Å². The van der Waals surface area contributed by atoms with E-state index in [-0.39, 0.29) is 5.60 Å². The second-order valence-corrected chi connectivity index (χ2v) is 4.43. The molecule has 1 unspecified atom stereocenters. The summed E-state index contributed by atoms with van der Waals surface area (Å²) in [5, 5.41) is 3.42. The standard InChI is InChI=1S/C12H25NO/c1-4-11(13-2)12(14-3)9-7-5-6-8-10-12/h11,13H,4-10H2,1-3H3. The number of methoxy groups -OCH3 is 1. The number of ether oxygens (including phenoxy) is 1. The second kappa shape index (κ2) is 5.72. The molecule has 1 aliphatic rings. The van der Waals surface area contributed by atoms with Gasteiger partial charge in [0.1, 0.15) is 0 Å². The summed E-state index contributed by atoms with van der Waals surface area (Å²) in [6.45, 7) is 2.24. The molecule has 1 rings (SSSR count). The van der Waals surface area contributed by atoms with E-state index in [9.17, 15) is 0 Å². The van der Waals surface area contributed by atoms with Gasteiger partial charge < -0.3 is 10.1 Å². The normalized spacial score (nSPS) is 24.2. The molecule has 1 atom stereocenters. The molecular formula is C12H25NO. The Hall–Kier alpha value is -0.0800. The number of hydrogen-bond donors (Lipinski definition) is 1. The predicted molar refractivity (Wildman–Crippen MR) is 60.6 cm³/mol. The van der Waals surface area contributed by atoms with Crippen molar-refractivity contribution >= 4 is 0 Å². The first-order valence-corrected chi connectivity index (χ1v) is 6.01. The lowest BCUT2D eigenvalue weighted by molar-refractivity contribution is -0.0518. The molecule has 0 spiro atoms. The number of rotatable bonds is 4. The lowest BCUT2D eigenvalue weighted by Gasteiger charge is -2.38. The summed E-state index contributed by atoms with van der Waals surface area (Å²) in [4.78, 5) is 0. The van der Waals surface area contributed by atoms with E-state index < -0.39 is 0 Å². The predicted octanol–water partition coefficient (Wildman–Crippen LogP) is 2.72. The van der Waals surface area contributed by atoms with Crippen molar-refractivity contribution in [3.05, 3.63) is 0 Å². The van der Waals surface area contributed by atoms with Gasteiger partial charge in [-0.1, -0.05) is 32.6 Å². The molecule has 1 saturated carbocycles. The van der Waals surface area contributed by atoms with Crippen LogP contribution in [0.2, 0.25) is 0 Å². The van der Waals surface area contributed by atoms with Crippen molar-refractivity contribution in [2.24, 2.45) is 0 Å². The molecule has 0 bridgehead atoms. The van der Waals surface area contributed by atoms with E-state index in [1.165, 1.54) is 38.5 Å². The van der Waals surface area contributed by atoms with E-state index in [4.69, 9.17) is 4.74 Å². The fourth-order valence-electron chi connectivity index (χ4n) is 2.86. The Bertz CT molecular complexity index is 146. The van der Waals surface area contributed by atoms with Crippen LogP contribution in [0.3, 0.4) is 0 Å². The topological polar surface area (TPSA) is 21.3 Å². The lowest BCUT2D eigenvalue weighted by Crippen LogP contribution is -2.50. The van der Waals surface area contributed by atoms with Crippen molar-refractivity contribution in [3.63, 3.8) is 0 Å². The van der Waals surface area contributed by atoms with E-state index in [0.717, 1.165) is 6.42 Å². The molecule has 0 aliphatic heterocycles. The summed E-state index contributed by atoms with van der Waals surface area (Å²) < 4.78 is 5.84. The average Bonchev–Trinajstić information content (AvgIpc) is 2.46. The first kappa shape index (κ1) is 12.0. The summed E-state index contributed by atoms with van der Waals surface area (Å²) in [5.41, 5.74) is 0.111. The molecule has 0 aromatic carbocycles. The van der Waals surface area contributed by atoms with Crippen LogP contribution in [0.1, 0.15) is 51.9 Å². The molecule has 0 aromatic heterocycles. The first-order chi connectivity index (χ1) is 6.79. The fourth-order valence-corrected chi connectivity index (χ4v) is 2.86. The second-order valence-electron chi connectivity index (χ2n) is 4.43. The highest BCUT2D eigenvalue weighted by Gasteiger charge is 2.37. The Kier molecular flexibility index (Phi) is 4.90. The maximum atomic E-state index is 5.84. The number of nitrogens with one attached hydrogen (secondary N) is 1. The Balaban J connectivity index is 2.69. The molecule has 1 N–H and O–H groups in total. The van der Waals surface area contributed by atoms with Crippen LogP contribution in [0.4, 0.5) is 0 Å². The smallest absolute Gasteiger partial charge is 0.0830 e. The molecule has 0 saturated heterocycles. The van der Waals surface area contributed by atoms with Gasteiger partial charge >= 0.3 is 0 Å². The van der Waals surface area contributed by atoms with E-state index in [1.54, 1.807) is 0 Å². The minimum absolute atomic E-state index is 0.111. The van der Waals surface area contributed by atoms with Gasteiger partial charge in [0.2, 0.25) is 0 Å². The summed E-state index contributed by atoms with van der Waals surface area (Å²) >= 11 is 0. The van der Waals surface area contributed by atoms with Gasteiger partial charge in [-0.25, -0.2) is 0 Å². The maximum Gasteiger partial charge on any atom is 0.0830 e. The Labute approximate surface area is 88.4 Å². The lowest BCUT2D eigenvalue weighted by atomic mass is 9.84. The zero-order chi connectivity index (χ0) is 10.4. The van der Waals surface area contributed by atoms with Crippen LogP contribution < -0.4 is 5.32 Å². The Morgan fingerprint density at radius 3 is 2.14 bits per heavy atom. The molecule has 14 heavy (non-hydrogen) atoms. The highest BCUT2D eigenvalue weighted by molar-refractivity contribution is 4.93. The minimum atomic E-state index is 0.111. The number of hydrogen-bond acceptors (Lipinski definition) is 2. The van der Waals surface area contributed by atoms with Crippen molar-refractivity contribution in [3.8, 4) is 0 Å². The van der Waals surface area contributed by atoms with E-state index >= 15 is 0 Å². The van der Waals surface area contributed by atoms with Crippen molar-refractivity contribution in [2.75, 3.05) is 14.2 Å². The van der Waals surface area contributed by atoms with Gasteiger partial charge in [-0.3, -0.25) is 0 Å². The molecule has 84 valence electrons. The van der Waals surface area contributed by atoms with Crippen LogP contribution in [0.25, 0.3) is 0 Å². The molecule has 0 amide bonds. The molecular weight excluding hydrogens is 174 g/mol. The van der Waals surface area contributed by atoms with Gasteiger partial charge in [0.15, 0.2) is 0 Å². The van der Waals surface area contributed by atoms with Crippen LogP contribution in [0, 0.1) is 0 Å². The Morgan fingerprint density at radius 1 is 1.21 bits per heavy atom. The highest BCUT2D eigenvalue weighted by atomic mass is 16.5. The third-order valence-electron chi connectivity index (χ3n) is 3.75. The maximum absolute atomic E-state index is 5.84. The molecule has 2 heteroatoms. The molecule has 1 aliphatic carbocycles. The van der Waals surface area contributed by atoms with Crippen molar-refractivity contribution in [1.29, 1.82) is 0 Å². The van der Waals surface area contributed by atoms with Gasteiger partial charge in [-0.05, 0) is 26.3 Å². The van der Waals surface area contributed by atoms with Gasteiger partial charge in [0, 0.05) is 13.2 Å². The molecule has 0 heterocycles. The molecule has 0 radical (unpaired) electrons. The summed E-state index contributed by atoms with van der Waals surface area (Å²) in [6, 6.07) is 0.519. The molecule has 2 nitrogen and oxygen atoms in total. The van der Waals surface area contributed by atoms with Crippen molar-refractivity contribution in [2.45, 2.75) is 63.5 Å². The van der Waals surface area contributed by atoms with Crippen LogP contribution in [-0.4, -0.2) is 25.8 Å². The third kappa shape index (κ3) is 2.48. The SMILES string of the molecule is CCC(NC)C1(OC)CCCCCC1. The summed E-state index contributed by atoms with van der Waals surface area (Å²) in [5.74, 6) is 0. The molecule has 1 fully saturated rings. The van der Waals surface area contributed by atoms with E-state index in [0.29, 0.717) is 6.04 Å². The zero-order valence-electron chi connectivity index (χ0n) is 9.94. The average molecular weight is 199 g/mol. The van der Waals surface area contributed by atoms with Crippen LogP contribution in [0.15, 0.2) is 0 Å². The summed E-state index contributed by atoms with van der Waals surface area (Å²) in [6.07, 6.45) is 9.02. The van der Waals surface area contributed by atoms with Gasteiger partial charge in [0.05, 0.1) is 5.60 Å². The van der Waals surface area contributed by atoms with E-state index in [2.05, 4.69) is 19.3 Å². The van der Waals surface area contributed by atoms with Gasteiger partial charge in [-0.2, -0.15) is 0 Å². The quantitative estimate of drug-likeness (QED) is 0.703. The van der Waals surface area contributed by atoms with E-state index in [1.807, 2.05) is 7.11 Å². The Morgan fingerprint density at radius 2 is 1.79 bits per heavy atom. The third-order valence-corrected chi connectivity index (χ3v) is 3.75. The van der Waals surface area contributed by atoms with Crippen molar-refractivity contribution in [1.82, 2.24) is 5.32 Å². The molecule has 0 aromatic rings. The summed E-state index contributed by atoms with van der Waals surface area (Å²) in [7, 11) is 3.94. The zero-order valence-corrected chi connectivity index (χ0v) is 9.94. The highest BCUT2D eigenvalue weighted by Crippen LogP contribution is 2.33. The number of likely N-dealkylation sites (N-methyl/N-ethyl adjacent to an activating group) is 1. The van der Waals surface area contributed by atoms with Crippen LogP contribution >= 0.6 is 0 Å². The fraction of sp³-hybridized carbons (Fsp3) is 1.00. The minimum Gasteiger partial charge on any atom is -0.377 e. The first-order valence-electron chi connectivity index (χ1n) is 6.01. The van der Waals surface area contributed by atoms with Crippen LogP contribution in [-0.2, 0) is 4.74 Å². The van der Waals surface area contributed by atoms with Gasteiger partial charge in [0.25, 0.3) is 0 Å². The van der Waals surface area contributed by atoms with Gasteiger partial charge in [-0.15, -0.1) is 0 Å². The largest absolute Gasteiger partial charge is 0.377 e. The van der Waals surface area contributed by atoms with Crippen molar-refractivity contribution < 1.29 is 4.74 Å².